The topological polar surface area (TPSA) is 12.0 Å². The third-order valence-electron chi connectivity index (χ3n) is 2.98. The molecule has 1 rings (SSSR count). The van der Waals surface area contributed by atoms with Gasteiger partial charge in [0.05, 0.1) is 0 Å². The van der Waals surface area contributed by atoms with Crippen molar-refractivity contribution in [2.24, 2.45) is 0 Å². The maximum atomic E-state index is 13.1. The summed E-state index contributed by atoms with van der Waals surface area (Å²) >= 11 is 1.97. The largest absolute Gasteiger partial charge is 0.313 e. The molecule has 19 heavy (non-hydrogen) atoms. The summed E-state index contributed by atoms with van der Waals surface area (Å²) in [5, 5.41) is 3.53. The summed E-state index contributed by atoms with van der Waals surface area (Å²) < 4.78 is 13.4. The Morgan fingerprint density at radius 3 is 2.53 bits per heavy atom. The predicted molar refractivity (Wildman–Crippen MR) is 84.5 cm³/mol. The van der Waals surface area contributed by atoms with E-state index < -0.39 is 0 Å². The monoisotopic (exact) mass is 283 g/mol. The summed E-state index contributed by atoms with van der Waals surface area (Å²) in [5.74, 6) is 0.930. The van der Waals surface area contributed by atoms with Gasteiger partial charge in [0, 0.05) is 16.5 Å². The summed E-state index contributed by atoms with van der Waals surface area (Å²) in [5.41, 5.74) is 2.28. The zero-order valence-corrected chi connectivity index (χ0v) is 13.5. The molecule has 0 aliphatic rings. The SMILES string of the molecule is CCNC(CSC(C)(C)C)Cc1ccc(F)cc1C. The van der Waals surface area contributed by atoms with Gasteiger partial charge in [-0.05, 0) is 43.1 Å². The van der Waals surface area contributed by atoms with Crippen molar-refractivity contribution >= 4 is 11.8 Å². The van der Waals surface area contributed by atoms with Crippen LogP contribution in [0, 0.1) is 12.7 Å². The van der Waals surface area contributed by atoms with Gasteiger partial charge in [-0.1, -0.05) is 33.8 Å². The zero-order valence-electron chi connectivity index (χ0n) is 12.7. The van der Waals surface area contributed by atoms with Gasteiger partial charge >= 0.3 is 0 Å². The van der Waals surface area contributed by atoms with Crippen molar-refractivity contribution < 1.29 is 4.39 Å². The predicted octanol–water partition coefficient (Wildman–Crippen LogP) is 4.19. The average Bonchev–Trinajstić information content (AvgIpc) is 2.28. The summed E-state index contributed by atoms with van der Waals surface area (Å²) in [6.45, 7) is 11.8. The van der Waals surface area contributed by atoms with Crippen LogP contribution in [0.4, 0.5) is 4.39 Å². The second kappa shape index (κ2) is 7.30. The highest BCUT2D eigenvalue weighted by Gasteiger charge is 2.16. The minimum Gasteiger partial charge on any atom is -0.313 e. The van der Waals surface area contributed by atoms with E-state index in [1.165, 1.54) is 5.56 Å². The fourth-order valence-electron chi connectivity index (χ4n) is 1.98. The molecule has 1 aromatic rings. The zero-order chi connectivity index (χ0) is 14.5. The number of halogens is 1. The van der Waals surface area contributed by atoms with Crippen molar-refractivity contribution in [3.8, 4) is 0 Å². The first-order chi connectivity index (χ1) is 8.81. The number of nitrogens with one attached hydrogen (secondary N) is 1. The number of benzene rings is 1. The smallest absolute Gasteiger partial charge is 0.123 e. The van der Waals surface area contributed by atoms with Gasteiger partial charge < -0.3 is 5.32 Å². The van der Waals surface area contributed by atoms with Gasteiger partial charge in [0.1, 0.15) is 5.82 Å². The van der Waals surface area contributed by atoms with Crippen LogP contribution in [0.2, 0.25) is 0 Å². The normalized spacial score (nSPS) is 13.6. The molecule has 108 valence electrons. The molecule has 0 bridgehead atoms. The minimum atomic E-state index is -0.148. The van der Waals surface area contributed by atoms with Crippen LogP contribution in [0.3, 0.4) is 0 Å². The van der Waals surface area contributed by atoms with E-state index in [9.17, 15) is 4.39 Å². The van der Waals surface area contributed by atoms with Crippen LogP contribution in [-0.4, -0.2) is 23.1 Å². The Hall–Kier alpha value is -0.540. The van der Waals surface area contributed by atoms with E-state index in [0.717, 1.165) is 24.3 Å². The first-order valence-electron chi connectivity index (χ1n) is 6.94. The van der Waals surface area contributed by atoms with Crippen LogP contribution >= 0.6 is 11.8 Å². The lowest BCUT2D eigenvalue weighted by Gasteiger charge is -2.24. The molecule has 0 heterocycles. The third-order valence-corrected chi connectivity index (χ3v) is 4.42. The van der Waals surface area contributed by atoms with Crippen LogP contribution in [0.25, 0.3) is 0 Å². The quantitative estimate of drug-likeness (QED) is 0.840. The molecular formula is C16H26FNS. The van der Waals surface area contributed by atoms with E-state index in [1.54, 1.807) is 12.1 Å². The Morgan fingerprint density at radius 1 is 1.32 bits per heavy atom. The lowest BCUT2D eigenvalue weighted by Crippen LogP contribution is -2.34. The summed E-state index contributed by atoms with van der Waals surface area (Å²) in [4.78, 5) is 0. The van der Waals surface area contributed by atoms with Gasteiger partial charge in [0.15, 0.2) is 0 Å². The van der Waals surface area contributed by atoms with Crippen molar-refractivity contribution in [2.75, 3.05) is 12.3 Å². The number of aryl methyl sites for hydroxylation is 1. The molecule has 1 aromatic carbocycles. The van der Waals surface area contributed by atoms with E-state index in [-0.39, 0.29) is 10.6 Å². The average molecular weight is 283 g/mol. The molecule has 0 aliphatic heterocycles. The van der Waals surface area contributed by atoms with Crippen LogP contribution in [-0.2, 0) is 6.42 Å². The molecule has 0 amide bonds. The first kappa shape index (κ1) is 16.5. The summed E-state index contributed by atoms with van der Waals surface area (Å²) in [7, 11) is 0. The molecule has 0 saturated carbocycles. The standard InChI is InChI=1S/C16H26FNS/c1-6-18-15(11-19-16(3,4)5)10-13-7-8-14(17)9-12(13)2/h7-9,15,18H,6,10-11H2,1-5H3. The van der Waals surface area contributed by atoms with Crippen LogP contribution in [0.1, 0.15) is 38.8 Å². The van der Waals surface area contributed by atoms with E-state index in [0.29, 0.717) is 6.04 Å². The van der Waals surface area contributed by atoms with Crippen molar-refractivity contribution in [3.05, 3.63) is 35.1 Å². The van der Waals surface area contributed by atoms with Crippen molar-refractivity contribution in [2.45, 2.75) is 51.8 Å². The molecule has 1 atom stereocenters. The Kier molecular flexibility index (Phi) is 6.34. The van der Waals surface area contributed by atoms with Gasteiger partial charge in [-0.15, -0.1) is 0 Å². The summed E-state index contributed by atoms with van der Waals surface area (Å²) in [6.07, 6.45) is 0.961. The van der Waals surface area contributed by atoms with Gasteiger partial charge in [-0.3, -0.25) is 0 Å². The van der Waals surface area contributed by atoms with Crippen molar-refractivity contribution in [1.29, 1.82) is 0 Å². The first-order valence-corrected chi connectivity index (χ1v) is 7.92. The molecule has 1 nitrogen and oxygen atoms in total. The summed E-state index contributed by atoms with van der Waals surface area (Å²) in [6, 6.07) is 5.53. The fraction of sp³-hybridized carbons (Fsp3) is 0.625. The van der Waals surface area contributed by atoms with Crippen LogP contribution in [0.5, 0.6) is 0 Å². The third kappa shape index (κ3) is 6.44. The highest BCUT2D eigenvalue weighted by molar-refractivity contribution is 8.00. The van der Waals surface area contributed by atoms with E-state index in [4.69, 9.17) is 0 Å². The number of hydrogen-bond donors (Lipinski definition) is 1. The molecule has 0 saturated heterocycles. The molecule has 0 aliphatic carbocycles. The Labute approximate surface area is 121 Å². The Balaban J connectivity index is 2.67. The second-order valence-corrected chi connectivity index (χ2v) is 7.80. The number of likely N-dealkylation sites (N-methyl/N-ethyl adjacent to an activating group) is 1. The van der Waals surface area contributed by atoms with E-state index in [1.807, 2.05) is 24.8 Å². The molecule has 0 spiro atoms. The van der Waals surface area contributed by atoms with E-state index >= 15 is 0 Å². The number of hydrogen-bond acceptors (Lipinski definition) is 2. The Morgan fingerprint density at radius 2 is 2.00 bits per heavy atom. The highest BCUT2D eigenvalue weighted by Crippen LogP contribution is 2.25. The fourth-order valence-corrected chi connectivity index (χ4v) is 2.92. The maximum Gasteiger partial charge on any atom is 0.123 e. The molecule has 0 aromatic heterocycles. The highest BCUT2D eigenvalue weighted by atomic mass is 32.2. The molecule has 1 N–H and O–H groups in total. The molecule has 0 fully saturated rings. The maximum absolute atomic E-state index is 13.1. The molecular weight excluding hydrogens is 257 g/mol. The van der Waals surface area contributed by atoms with E-state index in [2.05, 4.69) is 33.0 Å². The molecule has 1 unspecified atom stereocenters. The molecule has 3 heteroatoms. The van der Waals surface area contributed by atoms with Gasteiger partial charge in [0.25, 0.3) is 0 Å². The lowest BCUT2D eigenvalue weighted by atomic mass is 10.0. The second-order valence-electron chi connectivity index (χ2n) is 5.95. The minimum absolute atomic E-state index is 0.148. The van der Waals surface area contributed by atoms with Crippen LogP contribution in [0.15, 0.2) is 18.2 Å². The Bertz CT molecular complexity index is 398. The van der Waals surface area contributed by atoms with Crippen molar-refractivity contribution in [3.63, 3.8) is 0 Å². The number of rotatable bonds is 6. The van der Waals surface area contributed by atoms with Gasteiger partial charge in [-0.25, -0.2) is 4.39 Å². The molecule has 0 radical (unpaired) electrons. The number of thioether (sulfide) groups is 1. The van der Waals surface area contributed by atoms with Gasteiger partial charge in [-0.2, -0.15) is 11.8 Å². The van der Waals surface area contributed by atoms with Crippen molar-refractivity contribution in [1.82, 2.24) is 5.32 Å². The lowest BCUT2D eigenvalue weighted by molar-refractivity contribution is 0.567. The van der Waals surface area contributed by atoms with Crippen LogP contribution < -0.4 is 5.32 Å². The van der Waals surface area contributed by atoms with Gasteiger partial charge in [0.2, 0.25) is 0 Å².